The third-order valence-corrected chi connectivity index (χ3v) is 7.77. The quantitative estimate of drug-likeness (QED) is 0.130. The van der Waals surface area contributed by atoms with Crippen LogP contribution in [0.3, 0.4) is 0 Å². The molecule has 0 saturated heterocycles. The minimum atomic E-state index is 1.01. The summed E-state index contributed by atoms with van der Waals surface area (Å²) >= 11 is 1.82. The Morgan fingerprint density at radius 1 is 0.667 bits per heavy atom. The summed E-state index contributed by atoms with van der Waals surface area (Å²) in [7, 11) is 6.74. The number of benzene rings is 3. The van der Waals surface area contributed by atoms with Crippen LogP contribution in [0.4, 0.5) is 17.1 Å². The van der Waals surface area contributed by atoms with Gasteiger partial charge < -0.3 is 9.38 Å². The van der Waals surface area contributed by atoms with E-state index in [-0.39, 0.29) is 0 Å². The molecule has 3 nitrogen and oxygen atoms in total. The van der Waals surface area contributed by atoms with Crippen molar-refractivity contribution in [1.82, 2.24) is 0 Å². The summed E-state index contributed by atoms with van der Waals surface area (Å²) < 4.78 is 3.28. The highest BCUT2D eigenvalue weighted by molar-refractivity contribution is 7.16. The highest BCUT2D eigenvalue weighted by Gasteiger charge is 2.12. The fourth-order valence-electron chi connectivity index (χ4n) is 4.61. The largest absolute Gasteiger partial charge is 0.331 e. The van der Waals surface area contributed by atoms with E-state index in [1.165, 1.54) is 33.8 Å². The Kier molecular flexibility index (Phi) is 8.36. The van der Waals surface area contributed by atoms with Gasteiger partial charge in [-0.1, -0.05) is 54.6 Å². The zero-order chi connectivity index (χ0) is 27.1. The molecule has 5 aromatic rings. The van der Waals surface area contributed by atoms with Crippen molar-refractivity contribution in [3.8, 4) is 10.4 Å². The van der Waals surface area contributed by atoms with Crippen molar-refractivity contribution < 1.29 is 9.05 Å². The average Bonchev–Trinajstić information content (AvgIpc) is 3.43. The molecule has 39 heavy (non-hydrogen) atoms. The average molecular weight is 532 g/mol. The van der Waals surface area contributed by atoms with Crippen LogP contribution >= 0.6 is 11.3 Å². The zero-order valence-corrected chi connectivity index (χ0v) is 23.9. The Balaban J connectivity index is 1.26. The first-order valence-electron chi connectivity index (χ1n) is 13.5. The van der Waals surface area contributed by atoms with Crippen molar-refractivity contribution in [2.45, 2.75) is 13.0 Å². The molecule has 196 valence electrons. The first-order chi connectivity index (χ1) is 18.9. The lowest BCUT2D eigenvalue weighted by atomic mass is 10.1. The van der Waals surface area contributed by atoms with E-state index in [0.717, 1.165) is 28.1 Å². The number of aryl methyl sites for hydroxylation is 1. The summed E-state index contributed by atoms with van der Waals surface area (Å²) in [6.45, 7) is 2.23. The second-order valence-electron chi connectivity index (χ2n) is 10.8. The lowest BCUT2D eigenvalue weighted by Gasteiger charge is -2.25. The number of pyridine rings is 1. The predicted octanol–water partition coefficient (Wildman–Crippen LogP) is 8.44. The van der Waals surface area contributed by atoms with Gasteiger partial charge in [0.2, 0.25) is 0 Å². The van der Waals surface area contributed by atoms with Gasteiger partial charge in [-0.15, -0.1) is 11.3 Å². The molecule has 0 unspecified atom stereocenters. The van der Waals surface area contributed by atoms with E-state index < -0.39 is 0 Å². The smallest absolute Gasteiger partial charge is 0.169 e. The molecule has 2 heterocycles. The van der Waals surface area contributed by atoms with Gasteiger partial charge in [0, 0.05) is 38.9 Å². The van der Waals surface area contributed by atoms with E-state index in [4.69, 9.17) is 0 Å². The van der Waals surface area contributed by atoms with Gasteiger partial charge in [-0.25, -0.2) is 4.57 Å². The third-order valence-electron chi connectivity index (χ3n) is 6.67. The molecule has 0 spiro atoms. The maximum absolute atomic E-state index is 2.29. The number of nitrogens with zero attached hydrogens (tertiary/aromatic N) is 3. The van der Waals surface area contributed by atoms with Crippen molar-refractivity contribution in [1.29, 1.82) is 0 Å². The number of hydrogen-bond donors (Lipinski definition) is 0. The molecule has 2 aromatic heterocycles. The Bertz CT molecular complexity index is 1440. The molecule has 0 atom stereocenters. The van der Waals surface area contributed by atoms with Gasteiger partial charge in [-0.3, -0.25) is 0 Å². The number of thiophene rings is 1. The van der Waals surface area contributed by atoms with E-state index in [1.54, 1.807) is 0 Å². The number of para-hydroxylation sites is 2. The standard InChI is InChI=1S/C35H37N3S/c1-38(2,3)28-10-25-36-26-23-29(24-27-36)15-20-34-21-22-35(39-34)30-16-18-33(19-17-30)37(31-11-6-4-7-12-31)32-13-8-5-9-14-32/h4-9,11-24,26-27H,10,25,28H2,1-3H3/q+2. The number of aromatic nitrogens is 1. The van der Waals surface area contributed by atoms with E-state index in [2.05, 4.69) is 164 Å². The van der Waals surface area contributed by atoms with E-state index in [1.807, 2.05) is 11.3 Å². The molecule has 0 aliphatic carbocycles. The van der Waals surface area contributed by atoms with Crippen LogP contribution in [0.1, 0.15) is 16.9 Å². The van der Waals surface area contributed by atoms with Crippen molar-refractivity contribution >= 4 is 40.6 Å². The normalized spacial score (nSPS) is 11.7. The number of anilines is 3. The van der Waals surface area contributed by atoms with Crippen LogP contribution in [0.5, 0.6) is 0 Å². The summed E-state index contributed by atoms with van der Waals surface area (Å²) in [5.41, 5.74) is 5.90. The summed E-state index contributed by atoms with van der Waals surface area (Å²) in [6, 6.07) is 38.7. The van der Waals surface area contributed by atoms with Gasteiger partial charge in [0.05, 0.1) is 34.1 Å². The van der Waals surface area contributed by atoms with Crippen LogP contribution in [0.25, 0.3) is 22.6 Å². The van der Waals surface area contributed by atoms with Crippen LogP contribution in [0, 0.1) is 0 Å². The summed E-state index contributed by atoms with van der Waals surface area (Å²) in [5.74, 6) is 0. The second kappa shape index (κ2) is 12.2. The first-order valence-corrected chi connectivity index (χ1v) is 14.3. The topological polar surface area (TPSA) is 7.12 Å². The van der Waals surface area contributed by atoms with Crippen molar-refractivity contribution in [3.63, 3.8) is 0 Å². The van der Waals surface area contributed by atoms with Crippen molar-refractivity contribution in [2.24, 2.45) is 0 Å². The van der Waals surface area contributed by atoms with Crippen LogP contribution in [-0.4, -0.2) is 32.2 Å². The molecule has 0 radical (unpaired) electrons. The molecule has 0 N–H and O–H groups in total. The summed E-state index contributed by atoms with van der Waals surface area (Å²) in [6.07, 6.45) is 9.97. The summed E-state index contributed by atoms with van der Waals surface area (Å²) in [5, 5.41) is 0. The Hall–Kier alpha value is -3.99. The highest BCUT2D eigenvalue weighted by Crippen LogP contribution is 2.36. The summed E-state index contributed by atoms with van der Waals surface area (Å²) in [4.78, 5) is 4.82. The van der Waals surface area contributed by atoms with Crippen molar-refractivity contribution in [3.05, 3.63) is 132 Å². The lowest BCUT2D eigenvalue weighted by Crippen LogP contribution is -2.39. The number of hydrogen-bond acceptors (Lipinski definition) is 2. The highest BCUT2D eigenvalue weighted by atomic mass is 32.1. The molecule has 0 aliphatic heterocycles. The van der Waals surface area contributed by atoms with E-state index in [9.17, 15) is 0 Å². The Morgan fingerprint density at radius 2 is 1.26 bits per heavy atom. The maximum atomic E-state index is 2.29. The second-order valence-corrected chi connectivity index (χ2v) is 11.9. The molecule has 0 bridgehead atoms. The number of rotatable bonds is 10. The SMILES string of the molecule is C[N+](C)(C)CCC[n+]1ccc(/C=C/c2ccc(-c3ccc(N(c4ccccc4)c4ccccc4)cc3)s2)cc1. The molecule has 4 heteroatoms. The lowest BCUT2D eigenvalue weighted by molar-refractivity contribution is -0.873. The third kappa shape index (κ3) is 7.32. The monoisotopic (exact) mass is 531 g/mol. The van der Waals surface area contributed by atoms with Crippen LogP contribution in [0.15, 0.2) is 122 Å². The van der Waals surface area contributed by atoms with Crippen LogP contribution < -0.4 is 9.47 Å². The Morgan fingerprint density at radius 3 is 1.85 bits per heavy atom. The van der Waals surface area contributed by atoms with Gasteiger partial charge in [0.25, 0.3) is 0 Å². The molecule has 3 aromatic carbocycles. The van der Waals surface area contributed by atoms with Crippen LogP contribution in [0.2, 0.25) is 0 Å². The first kappa shape index (κ1) is 26.6. The molecule has 0 fully saturated rings. The van der Waals surface area contributed by atoms with Crippen LogP contribution in [-0.2, 0) is 6.54 Å². The maximum Gasteiger partial charge on any atom is 0.169 e. The minimum absolute atomic E-state index is 1.01. The number of quaternary nitrogens is 1. The van der Waals surface area contributed by atoms with E-state index in [0.29, 0.717) is 0 Å². The van der Waals surface area contributed by atoms with Gasteiger partial charge in [0.15, 0.2) is 18.9 Å². The minimum Gasteiger partial charge on any atom is -0.331 e. The fourth-order valence-corrected chi connectivity index (χ4v) is 5.52. The van der Waals surface area contributed by atoms with Gasteiger partial charge in [-0.05, 0) is 65.7 Å². The predicted molar refractivity (Wildman–Crippen MR) is 168 cm³/mol. The molecular formula is C35H37N3S+2. The van der Waals surface area contributed by atoms with Gasteiger partial charge in [0.1, 0.15) is 0 Å². The van der Waals surface area contributed by atoms with Gasteiger partial charge >= 0.3 is 0 Å². The zero-order valence-electron chi connectivity index (χ0n) is 23.1. The molecule has 0 aliphatic rings. The van der Waals surface area contributed by atoms with E-state index >= 15 is 0 Å². The fraction of sp³-hybridized carbons (Fsp3) is 0.171. The molecular weight excluding hydrogens is 494 g/mol. The Labute approximate surface area is 237 Å². The van der Waals surface area contributed by atoms with Gasteiger partial charge in [-0.2, -0.15) is 0 Å². The van der Waals surface area contributed by atoms with Crippen molar-refractivity contribution in [2.75, 3.05) is 32.6 Å². The molecule has 0 saturated carbocycles. The molecule has 5 rings (SSSR count). The molecule has 0 amide bonds.